The predicted molar refractivity (Wildman–Crippen MR) is 75.6 cm³/mol. The number of halogens is 1. The molecule has 1 aromatic heterocycles. The second-order valence-corrected chi connectivity index (χ2v) is 4.01. The van der Waals surface area contributed by atoms with Gasteiger partial charge < -0.3 is 10.5 Å². The minimum Gasteiger partial charge on any atom is -0.497 e. The average Bonchev–Trinajstić information content (AvgIpc) is 2.44. The van der Waals surface area contributed by atoms with Crippen LogP contribution in [-0.4, -0.2) is 24.1 Å². The maximum Gasteiger partial charge on any atom is 0.224 e. The standard InChI is InChI=1S/C12H14ClN5O/c1-15-18(8-3-5-9(19-2)6-4-8)11-10(14)7-16-12(13)17-11/h3-7,15H,14H2,1-2H3. The highest BCUT2D eigenvalue weighted by atomic mass is 35.5. The maximum atomic E-state index is 5.87. The van der Waals surface area contributed by atoms with Crippen molar-refractivity contribution in [3.8, 4) is 5.75 Å². The SMILES string of the molecule is CNN(c1ccc(OC)cc1)c1nc(Cl)ncc1N. The molecule has 2 aromatic rings. The lowest BCUT2D eigenvalue weighted by Crippen LogP contribution is -2.31. The van der Waals surface area contributed by atoms with Gasteiger partial charge in [0.05, 0.1) is 24.7 Å². The highest BCUT2D eigenvalue weighted by Crippen LogP contribution is 2.28. The van der Waals surface area contributed by atoms with Crippen molar-refractivity contribution in [3.05, 3.63) is 35.7 Å². The number of nitrogens with two attached hydrogens (primary N) is 1. The summed E-state index contributed by atoms with van der Waals surface area (Å²) in [6, 6.07) is 7.45. The molecule has 7 heteroatoms. The lowest BCUT2D eigenvalue weighted by atomic mass is 10.3. The Morgan fingerprint density at radius 3 is 2.58 bits per heavy atom. The highest BCUT2D eigenvalue weighted by Gasteiger charge is 2.13. The minimum absolute atomic E-state index is 0.137. The number of benzene rings is 1. The first-order valence-electron chi connectivity index (χ1n) is 5.55. The molecule has 0 fully saturated rings. The summed E-state index contributed by atoms with van der Waals surface area (Å²) in [6.07, 6.45) is 1.47. The molecule has 0 saturated heterocycles. The number of hydrogen-bond donors (Lipinski definition) is 2. The van der Waals surface area contributed by atoms with Gasteiger partial charge in [0.15, 0.2) is 5.82 Å². The lowest BCUT2D eigenvalue weighted by Gasteiger charge is -2.23. The van der Waals surface area contributed by atoms with Gasteiger partial charge in [0, 0.05) is 7.05 Å². The molecule has 3 N–H and O–H groups in total. The Kier molecular flexibility index (Phi) is 4.03. The number of anilines is 3. The molecule has 19 heavy (non-hydrogen) atoms. The number of rotatable bonds is 4. The van der Waals surface area contributed by atoms with Crippen molar-refractivity contribution in [2.24, 2.45) is 0 Å². The fourth-order valence-corrected chi connectivity index (χ4v) is 1.76. The second-order valence-electron chi connectivity index (χ2n) is 3.68. The van der Waals surface area contributed by atoms with Crippen LogP contribution in [-0.2, 0) is 0 Å². The molecule has 6 nitrogen and oxygen atoms in total. The zero-order valence-electron chi connectivity index (χ0n) is 10.6. The first-order valence-corrected chi connectivity index (χ1v) is 5.93. The topological polar surface area (TPSA) is 76.3 Å². The van der Waals surface area contributed by atoms with Crippen LogP contribution in [0.25, 0.3) is 0 Å². The van der Waals surface area contributed by atoms with Crippen molar-refractivity contribution in [1.82, 2.24) is 15.4 Å². The van der Waals surface area contributed by atoms with Crippen LogP contribution in [0.4, 0.5) is 17.2 Å². The molecule has 0 amide bonds. The fraction of sp³-hybridized carbons (Fsp3) is 0.167. The summed E-state index contributed by atoms with van der Waals surface area (Å²) < 4.78 is 5.12. The molecule has 1 aromatic carbocycles. The number of nitrogens with zero attached hydrogens (tertiary/aromatic N) is 3. The first-order chi connectivity index (χ1) is 9.15. The highest BCUT2D eigenvalue weighted by molar-refractivity contribution is 6.28. The van der Waals surface area contributed by atoms with E-state index in [-0.39, 0.29) is 5.28 Å². The first kappa shape index (κ1) is 13.4. The zero-order valence-corrected chi connectivity index (χ0v) is 11.3. The molecular formula is C12H14ClN5O. The van der Waals surface area contributed by atoms with Gasteiger partial charge in [0.1, 0.15) is 5.75 Å². The van der Waals surface area contributed by atoms with Gasteiger partial charge in [-0.15, -0.1) is 0 Å². The summed E-state index contributed by atoms with van der Waals surface area (Å²) in [5.41, 5.74) is 10.2. The Labute approximate surface area is 116 Å². The van der Waals surface area contributed by atoms with Gasteiger partial charge in [-0.2, -0.15) is 4.98 Å². The average molecular weight is 280 g/mol. The Bertz CT molecular complexity index is 561. The van der Waals surface area contributed by atoms with Crippen LogP contribution in [0.5, 0.6) is 5.75 Å². The molecule has 2 rings (SSSR count). The molecule has 0 spiro atoms. The number of nitrogen functional groups attached to an aromatic ring is 1. The number of hydrazine groups is 1. The van der Waals surface area contributed by atoms with E-state index in [0.717, 1.165) is 11.4 Å². The van der Waals surface area contributed by atoms with Gasteiger partial charge >= 0.3 is 0 Å². The van der Waals surface area contributed by atoms with Crippen LogP contribution >= 0.6 is 11.6 Å². The van der Waals surface area contributed by atoms with E-state index < -0.39 is 0 Å². The van der Waals surface area contributed by atoms with Crippen LogP contribution in [0, 0.1) is 0 Å². The summed E-state index contributed by atoms with van der Waals surface area (Å²) in [5, 5.41) is 1.85. The van der Waals surface area contributed by atoms with Gasteiger partial charge in [0.2, 0.25) is 5.28 Å². The van der Waals surface area contributed by atoms with Gasteiger partial charge in [-0.05, 0) is 35.9 Å². The maximum absolute atomic E-state index is 5.87. The van der Waals surface area contributed by atoms with E-state index in [1.54, 1.807) is 19.2 Å². The van der Waals surface area contributed by atoms with Crippen molar-refractivity contribution < 1.29 is 4.74 Å². The zero-order chi connectivity index (χ0) is 13.8. The van der Waals surface area contributed by atoms with E-state index in [4.69, 9.17) is 22.1 Å². The smallest absolute Gasteiger partial charge is 0.224 e. The van der Waals surface area contributed by atoms with Gasteiger partial charge in [-0.3, -0.25) is 5.01 Å². The molecule has 0 atom stereocenters. The molecule has 0 unspecified atom stereocenters. The molecule has 0 radical (unpaired) electrons. The molecule has 0 saturated carbocycles. The van der Waals surface area contributed by atoms with Crippen LogP contribution in [0.15, 0.2) is 30.5 Å². The van der Waals surface area contributed by atoms with E-state index in [9.17, 15) is 0 Å². The molecule has 1 heterocycles. The summed E-state index contributed by atoms with van der Waals surface area (Å²) in [5.74, 6) is 1.26. The van der Waals surface area contributed by atoms with Crippen LogP contribution in [0.1, 0.15) is 0 Å². The Morgan fingerprint density at radius 2 is 2.00 bits per heavy atom. The summed E-state index contributed by atoms with van der Waals surface area (Å²) in [4.78, 5) is 7.96. The number of methoxy groups -OCH3 is 1. The number of aromatic nitrogens is 2. The van der Waals surface area contributed by atoms with Crippen LogP contribution in [0.3, 0.4) is 0 Å². The van der Waals surface area contributed by atoms with Crippen molar-refractivity contribution >= 4 is 28.8 Å². The third kappa shape index (κ3) is 2.86. The molecule has 0 bridgehead atoms. The lowest BCUT2D eigenvalue weighted by molar-refractivity contribution is 0.415. The largest absolute Gasteiger partial charge is 0.497 e. The van der Waals surface area contributed by atoms with E-state index in [2.05, 4.69) is 15.4 Å². The summed E-state index contributed by atoms with van der Waals surface area (Å²) in [6.45, 7) is 0. The number of hydrogen-bond acceptors (Lipinski definition) is 6. The number of ether oxygens (including phenoxy) is 1. The normalized spacial score (nSPS) is 10.3. The Balaban J connectivity index is 2.40. The van der Waals surface area contributed by atoms with E-state index in [1.165, 1.54) is 6.20 Å². The third-order valence-electron chi connectivity index (χ3n) is 2.53. The van der Waals surface area contributed by atoms with Crippen molar-refractivity contribution in [2.45, 2.75) is 0 Å². The van der Waals surface area contributed by atoms with Gasteiger partial charge in [0.25, 0.3) is 0 Å². The predicted octanol–water partition coefficient (Wildman–Crippen LogP) is 1.99. The second kappa shape index (κ2) is 5.73. The molecule has 0 aliphatic heterocycles. The van der Waals surface area contributed by atoms with E-state index in [0.29, 0.717) is 11.5 Å². The van der Waals surface area contributed by atoms with Crippen molar-refractivity contribution in [2.75, 3.05) is 24.9 Å². The Hall–Kier alpha value is -2.05. The van der Waals surface area contributed by atoms with Gasteiger partial charge in [-0.1, -0.05) is 0 Å². The van der Waals surface area contributed by atoms with Crippen LogP contribution in [0.2, 0.25) is 5.28 Å². The Morgan fingerprint density at radius 1 is 1.32 bits per heavy atom. The minimum atomic E-state index is 0.137. The summed E-state index contributed by atoms with van der Waals surface area (Å²) >= 11 is 5.80. The fourth-order valence-electron chi connectivity index (χ4n) is 1.63. The molecule has 0 aliphatic rings. The molecular weight excluding hydrogens is 266 g/mol. The van der Waals surface area contributed by atoms with Crippen LogP contribution < -0.4 is 20.9 Å². The van der Waals surface area contributed by atoms with E-state index in [1.807, 2.05) is 24.3 Å². The third-order valence-corrected chi connectivity index (χ3v) is 2.71. The van der Waals surface area contributed by atoms with Gasteiger partial charge in [-0.25, -0.2) is 10.4 Å². The quantitative estimate of drug-likeness (QED) is 0.658. The molecule has 100 valence electrons. The van der Waals surface area contributed by atoms with Crippen molar-refractivity contribution in [3.63, 3.8) is 0 Å². The summed E-state index contributed by atoms with van der Waals surface area (Å²) in [7, 11) is 3.38. The number of nitrogens with one attached hydrogen (secondary N) is 1. The molecule has 0 aliphatic carbocycles. The monoisotopic (exact) mass is 279 g/mol. The van der Waals surface area contributed by atoms with Crippen molar-refractivity contribution in [1.29, 1.82) is 0 Å². The van der Waals surface area contributed by atoms with E-state index >= 15 is 0 Å².